The predicted octanol–water partition coefficient (Wildman–Crippen LogP) is 4.22. The van der Waals surface area contributed by atoms with Crippen molar-refractivity contribution in [3.05, 3.63) is 24.9 Å². The first-order chi connectivity index (χ1) is 7.20. The van der Waals surface area contributed by atoms with E-state index in [1.807, 2.05) is 6.08 Å². The number of hydrogen-bond donors (Lipinski definition) is 0. The monoisotopic (exact) mass is 209 g/mol. The van der Waals surface area contributed by atoms with Gasteiger partial charge in [0.2, 0.25) is 0 Å². The van der Waals surface area contributed by atoms with Crippen LogP contribution in [-0.2, 0) is 0 Å². The van der Waals surface area contributed by atoms with Crippen molar-refractivity contribution in [1.29, 1.82) is 0 Å². The molecule has 0 aliphatic heterocycles. The summed E-state index contributed by atoms with van der Waals surface area (Å²) in [6, 6.07) is 0. The van der Waals surface area contributed by atoms with Gasteiger partial charge in [-0.3, -0.25) is 0 Å². The molecular weight excluding hydrogens is 182 g/mol. The molecule has 1 nitrogen and oxygen atoms in total. The van der Waals surface area contributed by atoms with Crippen LogP contribution < -0.4 is 0 Å². The van der Waals surface area contributed by atoms with Crippen molar-refractivity contribution in [2.75, 3.05) is 13.1 Å². The highest BCUT2D eigenvalue weighted by atomic mass is 15.1. The standard InChI is InChI=1S/C14H27N/c1-5-7-9-10-12-15(11-8-6-2)13-14(3)4/h5,10,12,14H,1,6-9,11,13H2,2-4H3/b12-10+. The highest BCUT2D eigenvalue weighted by Gasteiger charge is 2.01. The summed E-state index contributed by atoms with van der Waals surface area (Å²) in [6.07, 6.45) is 11.3. The van der Waals surface area contributed by atoms with Crippen molar-refractivity contribution in [2.45, 2.75) is 46.5 Å². The molecule has 0 fully saturated rings. The molecule has 0 aromatic heterocycles. The molecule has 0 atom stereocenters. The zero-order chi connectivity index (χ0) is 11.5. The van der Waals surface area contributed by atoms with Crippen molar-refractivity contribution in [2.24, 2.45) is 5.92 Å². The summed E-state index contributed by atoms with van der Waals surface area (Å²) in [6.45, 7) is 12.9. The summed E-state index contributed by atoms with van der Waals surface area (Å²) in [4.78, 5) is 2.44. The number of rotatable bonds is 9. The van der Waals surface area contributed by atoms with E-state index in [0.29, 0.717) is 0 Å². The van der Waals surface area contributed by atoms with Gasteiger partial charge in [-0.25, -0.2) is 0 Å². The Morgan fingerprint density at radius 2 is 2.00 bits per heavy atom. The molecule has 0 spiro atoms. The van der Waals surface area contributed by atoms with Gasteiger partial charge in [-0.2, -0.15) is 0 Å². The van der Waals surface area contributed by atoms with E-state index in [-0.39, 0.29) is 0 Å². The molecule has 0 saturated heterocycles. The third kappa shape index (κ3) is 9.58. The second kappa shape index (κ2) is 9.82. The third-order valence-electron chi connectivity index (χ3n) is 2.25. The van der Waals surface area contributed by atoms with Crippen molar-refractivity contribution in [3.63, 3.8) is 0 Å². The fourth-order valence-electron chi connectivity index (χ4n) is 1.49. The molecule has 0 aliphatic carbocycles. The van der Waals surface area contributed by atoms with Crippen molar-refractivity contribution >= 4 is 0 Å². The fourth-order valence-corrected chi connectivity index (χ4v) is 1.49. The van der Waals surface area contributed by atoms with Gasteiger partial charge in [0, 0.05) is 13.1 Å². The Labute approximate surface area is 95.9 Å². The van der Waals surface area contributed by atoms with Crippen LogP contribution in [0.25, 0.3) is 0 Å². The van der Waals surface area contributed by atoms with Gasteiger partial charge >= 0.3 is 0 Å². The maximum atomic E-state index is 3.73. The summed E-state index contributed by atoms with van der Waals surface area (Å²) in [5, 5.41) is 0. The molecule has 0 radical (unpaired) electrons. The molecule has 0 unspecified atom stereocenters. The predicted molar refractivity (Wildman–Crippen MR) is 69.9 cm³/mol. The van der Waals surface area contributed by atoms with Crippen LogP contribution >= 0.6 is 0 Å². The van der Waals surface area contributed by atoms with E-state index in [9.17, 15) is 0 Å². The Hall–Kier alpha value is -0.720. The lowest BCUT2D eigenvalue weighted by Crippen LogP contribution is -2.23. The SMILES string of the molecule is C=CCC/C=C/N(CCCC)CC(C)C. The van der Waals surface area contributed by atoms with Gasteiger partial charge in [-0.1, -0.05) is 39.3 Å². The third-order valence-corrected chi connectivity index (χ3v) is 2.25. The van der Waals surface area contributed by atoms with Crippen LogP contribution in [0.5, 0.6) is 0 Å². The van der Waals surface area contributed by atoms with Gasteiger partial charge in [0.1, 0.15) is 0 Å². The van der Waals surface area contributed by atoms with Gasteiger partial charge in [-0.15, -0.1) is 6.58 Å². The summed E-state index contributed by atoms with van der Waals surface area (Å²) < 4.78 is 0. The zero-order valence-electron chi connectivity index (χ0n) is 10.7. The van der Waals surface area contributed by atoms with Crippen LogP contribution in [0, 0.1) is 5.92 Å². The fraction of sp³-hybridized carbons (Fsp3) is 0.714. The summed E-state index contributed by atoms with van der Waals surface area (Å²) in [5.41, 5.74) is 0. The van der Waals surface area contributed by atoms with E-state index in [4.69, 9.17) is 0 Å². The number of allylic oxidation sites excluding steroid dienone is 2. The van der Waals surface area contributed by atoms with Gasteiger partial charge in [0.25, 0.3) is 0 Å². The summed E-state index contributed by atoms with van der Waals surface area (Å²) >= 11 is 0. The minimum Gasteiger partial charge on any atom is -0.377 e. The lowest BCUT2D eigenvalue weighted by molar-refractivity contribution is 0.324. The molecule has 0 heterocycles. The number of unbranched alkanes of at least 4 members (excludes halogenated alkanes) is 2. The van der Waals surface area contributed by atoms with Crippen molar-refractivity contribution < 1.29 is 0 Å². The average molecular weight is 209 g/mol. The first-order valence-corrected chi connectivity index (χ1v) is 6.22. The van der Waals surface area contributed by atoms with E-state index in [0.717, 1.165) is 18.8 Å². The van der Waals surface area contributed by atoms with Crippen molar-refractivity contribution in [1.82, 2.24) is 4.90 Å². The second-order valence-electron chi connectivity index (χ2n) is 4.49. The van der Waals surface area contributed by atoms with Crippen molar-refractivity contribution in [3.8, 4) is 0 Å². The first-order valence-electron chi connectivity index (χ1n) is 6.22. The normalized spacial score (nSPS) is 11.2. The first kappa shape index (κ1) is 14.3. The molecule has 15 heavy (non-hydrogen) atoms. The molecule has 0 aliphatic rings. The Balaban J connectivity index is 3.87. The highest BCUT2D eigenvalue weighted by Crippen LogP contribution is 2.03. The smallest absolute Gasteiger partial charge is 0.0195 e. The van der Waals surface area contributed by atoms with E-state index in [2.05, 4.69) is 44.5 Å². The quantitative estimate of drug-likeness (QED) is 0.406. The Bertz CT molecular complexity index is 170. The minimum absolute atomic E-state index is 0.742. The van der Waals surface area contributed by atoms with Gasteiger partial charge in [-0.05, 0) is 31.4 Å². The highest BCUT2D eigenvalue weighted by molar-refractivity contribution is 4.85. The molecule has 0 saturated carbocycles. The molecule has 0 amide bonds. The molecule has 0 N–H and O–H groups in total. The van der Waals surface area contributed by atoms with Crippen LogP contribution in [-0.4, -0.2) is 18.0 Å². The van der Waals surface area contributed by atoms with E-state index in [1.165, 1.54) is 25.9 Å². The molecule has 0 bridgehead atoms. The zero-order valence-corrected chi connectivity index (χ0v) is 10.7. The summed E-state index contributed by atoms with van der Waals surface area (Å²) in [7, 11) is 0. The molecule has 0 aromatic carbocycles. The van der Waals surface area contributed by atoms with E-state index >= 15 is 0 Å². The average Bonchev–Trinajstić information content (AvgIpc) is 2.19. The second-order valence-corrected chi connectivity index (χ2v) is 4.49. The van der Waals surface area contributed by atoms with Crippen LogP contribution in [0.1, 0.15) is 46.5 Å². The number of hydrogen-bond acceptors (Lipinski definition) is 1. The Morgan fingerprint density at radius 1 is 1.27 bits per heavy atom. The van der Waals surface area contributed by atoms with Gasteiger partial charge in [0.05, 0.1) is 0 Å². The lowest BCUT2D eigenvalue weighted by Gasteiger charge is -2.22. The largest absolute Gasteiger partial charge is 0.377 e. The molecule has 0 rings (SSSR count). The maximum absolute atomic E-state index is 3.73. The van der Waals surface area contributed by atoms with Crippen LogP contribution in [0.4, 0.5) is 0 Å². The van der Waals surface area contributed by atoms with Crippen LogP contribution in [0.15, 0.2) is 24.9 Å². The van der Waals surface area contributed by atoms with Crippen LogP contribution in [0.2, 0.25) is 0 Å². The lowest BCUT2D eigenvalue weighted by atomic mass is 10.2. The Kier molecular flexibility index (Phi) is 9.35. The topological polar surface area (TPSA) is 3.24 Å². The van der Waals surface area contributed by atoms with Crippen LogP contribution in [0.3, 0.4) is 0 Å². The molecule has 88 valence electrons. The molecule has 0 aromatic rings. The van der Waals surface area contributed by atoms with Gasteiger partial charge in [0.15, 0.2) is 0 Å². The van der Waals surface area contributed by atoms with E-state index in [1.54, 1.807) is 0 Å². The van der Waals surface area contributed by atoms with E-state index < -0.39 is 0 Å². The minimum atomic E-state index is 0.742. The molecule has 1 heteroatoms. The Morgan fingerprint density at radius 3 is 2.53 bits per heavy atom. The molecular formula is C14H27N. The number of nitrogens with zero attached hydrogens (tertiary/aromatic N) is 1. The van der Waals surface area contributed by atoms with Gasteiger partial charge < -0.3 is 4.90 Å². The maximum Gasteiger partial charge on any atom is 0.0195 e. The summed E-state index contributed by atoms with van der Waals surface area (Å²) in [5.74, 6) is 0.742.